The van der Waals surface area contributed by atoms with Crippen molar-refractivity contribution in [2.24, 2.45) is 16.8 Å². The molecule has 3 N–H and O–H groups in total. The summed E-state index contributed by atoms with van der Waals surface area (Å²) in [6.07, 6.45) is 2.88. The molecule has 94 valence electrons. The third kappa shape index (κ3) is 3.62. The number of oxime groups is 1. The number of hydrogen-bond donors (Lipinski definition) is 2. The number of amidine groups is 1. The Morgan fingerprint density at radius 3 is 2.76 bits per heavy atom. The molecule has 1 aromatic rings. The largest absolute Gasteiger partial charge is 0.409 e. The minimum atomic E-state index is 0.0288. The summed E-state index contributed by atoms with van der Waals surface area (Å²) in [5.74, 6) is 0.671. The third-order valence-corrected chi connectivity index (χ3v) is 2.84. The molecule has 0 fully saturated rings. The molecule has 0 amide bonds. The predicted octanol–water partition coefficient (Wildman–Crippen LogP) is 1.66. The van der Waals surface area contributed by atoms with E-state index < -0.39 is 0 Å². The maximum absolute atomic E-state index is 8.53. The first-order valence-electron chi connectivity index (χ1n) is 5.73. The number of nitrogens with two attached hydrogens (primary N) is 1. The normalized spacial score (nSPS) is 13.5. The SMILES string of the molecule is CCC(C)CN(C)c1ccc(/C(N)=N/O)nc1. The lowest BCUT2D eigenvalue weighted by atomic mass is 10.1. The number of anilines is 1. The summed E-state index contributed by atoms with van der Waals surface area (Å²) in [7, 11) is 2.03. The quantitative estimate of drug-likeness (QED) is 0.353. The van der Waals surface area contributed by atoms with Crippen LogP contribution in [-0.4, -0.2) is 29.6 Å². The smallest absolute Gasteiger partial charge is 0.188 e. The standard InChI is InChI=1S/C12H20N4O/c1-4-9(2)8-16(3)10-5-6-11(14-7-10)12(13)15-17/h5-7,9,17H,4,8H2,1-3H3,(H2,13,15). The first kappa shape index (κ1) is 13.3. The number of pyridine rings is 1. The molecule has 0 aliphatic rings. The van der Waals surface area contributed by atoms with Crippen LogP contribution in [0.4, 0.5) is 5.69 Å². The van der Waals surface area contributed by atoms with Crippen LogP contribution < -0.4 is 10.6 Å². The lowest BCUT2D eigenvalue weighted by Crippen LogP contribution is -2.24. The van der Waals surface area contributed by atoms with Gasteiger partial charge < -0.3 is 15.8 Å². The Bertz CT molecular complexity index is 375. The highest BCUT2D eigenvalue weighted by molar-refractivity contribution is 5.95. The first-order chi connectivity index (χ1) is 8.08. The van der Waals surface area contributed by atoms with E-state index >= 15 is 0 Å². The minimum Gasteiger partial charge on any atom is -0.409 e. The van der Waals surface area contributed by atoms with E-state index in [1.807, 2.05) is 13.1 Å². The van der Waals surface area contributed by atoms with Crippen molar-refractivity contribution in [1.29, 1.82) is 0 Å². The summed E-state index contributed by atoms with van der Waals surface area (Å²) < 4.78 is 0. The van der Waals surface area contributed by atoms with Crippen LogP contribution in [0.15, 0.2) is 23.5 Å². The number of hydrogen-bond acceptors (Lipinski definition) is 4. The van der Waals surface area contributed by atoms with Crippen molar-refractivity contribution in [2.75, 3.05) is 18.5 Å². The fraction of sp³-hybridized carbons (Fsp3) is 0.500. The van der Waals surface area contributed by atoms with Crippen LogP contribution in [0.2, 0.25) is 0 Å². The first-order valence-corrected chi connectivity index (χ1v) is 5.73. The summed E-state index contributed by atoms with van der Waals surface area (Å²) in [5.41, 5.74) is 6.95. The van der Waals surface area contributed by atoms with E-state index in [0.29, 0.717) is 11.6 Å². The maximum atomic E-state index is 8.53. The molecular formula is C12H20N4O. The van der Waals surface area contributed by atoms with Gasteiger partial charge in [0, 0.05) is 13.6 Å². The van der Waals surface area contributed by atoms with E-state index in [0.717, 1.165) is 18.7 Å². The Hall–Kier alpha value is -1.78. The highest BCUT2D eigenvalue weighted by atomic mass is 16.4. The van der Waals surface area contributed by atoms with Crippen LogP contribution in [0.3, 0.4) is 0 Å². The van der Waals surface area contributed by atoms with E-state index in [9.17, 15) is 0 Å². The highest BCUT2D eigenvalue weighted by Crippen LogP contribution is 2.14. The van der Waals surface area contributed by atoms with Crippen LogP contribution in [0.5, 0.6) is 0 Å². The molecule has 5 heteroatoms. The molecule has 1 rings (SSSR count). The molecule has 0 bridgehead atoms. The zero-order chi connectivity index (χ0) is 12.8. The molecule has 1 unspecified atom stereocenters. The van der Waals surface area contributed by atoms with Crippen molar-refractivity contribution in [3.05, 3.63) is 24.0 Å². The summed E-state index contributed by atoms with van der Waals surface area (Å²) in [6.45, 7) is 5.38. The zero-order valence-electron chi connectivity index (χ0n) is 10.6. The van der Waals surface area contributed by atoms with Gasteiger partial charge in [-0.2, -0.15) is 0 Å². The van der Waals surface area contributed by atoms with Crippen molar-refractivity contribution in [3.8, 4) is 0 Å². The molecule has 17 heavy (non-hydrogen) atoms. The molecule has 0 aromatic carbocycles. The fourth-order valence-electron chi connectivity index (χ4n) is 1.52. The zero-order valence-corrected chi connectivity index (χ0v) is 10.6. The van der Waals surface area contributed by atoms with E-state index in [2.05, 4.69) is 28.9 Å². The van der Waals surface area contributed by atoms with Crippen molar-refractivity contribution >= 4 is 11.5 Å². The minimum absolute atomic E-state index is 0.0288. The molecule has 0 saturated carbocycles. The van der Waals surface area contributed by atoms with Gasteiger partial charge in [-0.3, -0.25) is 4.98 Å². The van der Waals surface area contributed by atoms with Gasteiger partial charge in [0.2, 0.25) is 0 Å². The Labute approximate surface area is 102 Å². The van der Waals surface area contributed by atoms with Gasteiger partial charge in [-0.25, -0.2) is 0 Å². The summed E-state index contributed by atoms with van der Waals surface area (Å²) in [6, 6.07) is 3.67. The Kier molecular flexibility index (Phi) is 4.75. The van der Waals surface area contributed by atoms with E-state index in [1.54, 1.807) is 12.3 Å². The number of rotatable bonds is 5. The lowest BCUT2D eigenvalue weighted by molar-refractivity contribution is 0.318. The molecule has 0 radical (unpaired) electrons. The van der Waals surface area contributed by atoms with Gasteiger partial charge in [0.25, 0.3) is 0 Å². The number of nitrogens with zero attached hydrogens (tertiary/aromatic N) is 3. The topological polar surface area (TPSA) is 74.7 Å². The average Bonchev–Trinajstić information content (AvgIpc) is 2.37. The van der Waals surface area contributed by atoms with Crippen LogP contribution in [0.25, 0.3) is 0 Å². The average molecular weight is 236 g/mol. The molecule has 5 nitrogen and oxygen atoms in total. The molecule has 1 atom stereocenters. The van der Waals surface area contributed by atoms with Gasteiger partial charge in [-0.15, -0.1) is 0 Å². The van der Waals surface area contributed by atoms with Crippen molar-refractivity contribution in [2.45, 2.75) is 20.3 Å². The fourth-order valence-corrected chi connectivity index (χ4v) is 1.52. The van der Waals surface area contributed by atoms with Gasteiger partial charge in [0.05, 0.1) is 11.9 Å². The maximum Gasteiger partial charge on any atom is 0.188 e. The Morgan fingerprint density at radius 1 is 1.59 bits per heavy atom. The second-order valence-corrected chi connectivity index (χ2v) is 4.28. The summed E-state index contributed by atoms with van der Waals surface area (Å²) >= 11 is 0. The lowest BCUT2D eigenvalue weighted by Gasteiger charge is -2.22. The number of aromatic nitrogens is 1. The highest BCUT2D eigenvalue weighted by Gasteiger charge is 2.07. The van der Waals surface area contributed by atoms with Crippen molar-refractivity contribution in [3.63, 3.8) is 0 Å². The molecule has 0 spiro atoms. The third-order valence-electron chi connectivity index (χ3n) is 2.84. The second-order valence-electron chi connectivity index (χ2n) is 4.28. The molecular weight excluding hydrogens is 216 g/mol. The van der Waals surface area contributed by atoms with Crippen molar-refractivity contribution < 1.29 is 5.21 Å². The van der Waals surface area contributed by atoms with E-state index in [1.165, 1.54) is 0 Å². The van der Waals surface area contributed by atoms with E-state index in [-0.39, 0.29) is 5.84 Å². The van der Waals surface area contributed by atoms with Crippen LogP contribution >= 0.6 is 0 Å². The molecule has 0 saturated heterocycles. The molecule has 0 aliphatic heterocycles. The van der Waals surface area contributed by atoms with Gasteiger partial charge in [-0.05, 0) is 18.1 Å². The Balaban J connectivity index is 2.73. The van der Waals surface area contributed by atoms with Crippen LogP contribution in [0, 0.1) is 5.92 Å². The van der Waals surface area contributed by atoms with Gasteiger partial charge in [0.1, 0.15) is 5.69 Å². The van der Waals surface area contributed by atoms with Crippen LogP contribution in [0.1, 0.15) is 26.0 Å². The van der Waals surface area contributed by atoms with Gasteiger partial charge in [0.15, 0.2) is 5.84 Å². The molecule has 1 heterocycles. The predicted molar refractivity (Wildman–Crippen MR) is 69.5 cm³/mol. The molecule has 0 aliphatic carbocycles. The van der Waals surface area contributed by atoms with Crippen molar-refractivity contribution in [1.82, 2.24) is 4.98 Å². The molecule has 1 aromatic heterocycles. The van der Waals surface area contributed by atoms with E-state index in [4.69, 9.17) is 10.9 Å². The van der Waals surface area contributed by atoms with Gasteiger partial charge in [-0.1, -0.05) is 25.4 Å². The monoisotopic (exact) mass is 236 g/mol. The van der Waals surface area contributed by atoms with Gasteiger partial charge >= 0.3 is 0 Å². The Morgan fingerprint density at radius 2 is 2.29 bits per heavy atom. The van der Waals surface area contributed by atoms with Crippen LogP contribution in [-0.2, 0) is 0 Å². The summed E-state index contributed by atoms with van der Waals surface area (Å²) in [4.78, 5) is 6.30. The summed E-state index contributed by atoms with van der Waals surface area (Å²) in [5, 5.41) is 11.4. The second kappa shape index (κ2) is 6.08.